The van der Waals surface area contributed by atoms with Crippen LogP contribution in [0.5, 0.6) is 5.75 Å². The molecule has 0 spiro atoms. The summed E-state index contributed by atoms with van der Waals surface area (Å²) in [7, 11) is 1.66. The first kappa shape index (κ1) is 11.7. The zero-order chi connectivity index (χ0) is 12.1. The fourth-order valence-electron chi connectivity index (χ4n) is 1.68. The van der Waals surface area contributed by atoms with Crippen molar-refractivity contribution in [3.63, 3.8) is 0 Å². The number of aromatic nitrogens is 2. The quantitative estimate of drug-likeness (QED) is 0.827. The second-order valence-electron chi connectivity index (χ2n) is 3.86. The van der Waals surface area contributed by atoms with Gasteiger partial charge in [0, 0.05) is 6.42 Å². The minimum Gasteiger partial charge on any atom is -0.497 e. The lowest BCUT2D eigenvalue weighted by Crippen LogP contribution is -2.01. The molecular weight excluding hydrogens is 214 g/mol. The van der Waals surface area contributed by atoms with E-state index in [1.165, 1.54) is 0 Å². The highest BCUT2D eigenvalue weighted by Gasteiger charge is 2.03. The SMILES string of the molecule is COc1ccc(-c2cnc(CCCN)[nH]2)cc1. The van der Waals surface area contributed by atoms with Crippen LogP contribution in [0.4, 0.5) is 0 Å². The lowest BCUT2D eigenvalue weighted by Gasteiger charge is -2.01. The zero-order valence-corrected chi connectivity index (χ0v) is 9.94. The van der Waals surface area contributed by atoms with Crippen LogP contribution in [0.2, 0.25) is 0 Å². The van der Waals surface area contributed by atoms with Gasteiger partial charge >= 0.3 is 0 Å². The summed E-state index contributed by atoms with van der Waals surface area (Å²) >= 11 is 0. The predicted octanol–water partition coefficient (Wildman–Crippen LogP) is 1.98. The Bertz CT molecular complexity index is 462. The summed E-state index contributed by atoms with van der Waals surface area (Å²) in [5, 5.41) is 0. The normalized spacial score (nSPS) is 10.5. The maximum Gasteiger partial charge on any atom is 0.118 e. The molecule has 0 amide bonds. The van der Waals surface area contributed by atoms with Crippen molar-refractivity contribution < 1.29 is 4.74 Å². The molecule has 2 aromatic rings. The van der Waals surface area contributed by atoms with E-state index in [-0.39, 0.29) is 0 Å². The van der Waals surface area contributed by atoms with Gasteiger partial charge in [0.2, 0.25) is 0 Å². The van der Waals surface area contributed by atoms with Crippen LogP contribution in [-0.2, 0) is 6.42 Å². The Morgan fingerprint density at radius 1 is 1.29 bits per heavy atom. The van der Waals surface area contributed by atoms with Gasteiger partial charge < -0.3 is 15.5 Å². The third kappa shape index (κ3) is 2.85. The molecule has 3 N–H and O–H groups in total. The molecule has 0 bridgehead atoms. The Hall–Kier alpha value is -1.81. The van der Waals surface area contributed by atoms with Crippen molar-refractivity contribution >= 4 is 0 Å². The molecule has 0 radical (unpaired) electrons. The summed E-state index contributed by atoms with van der Waals surface area (Å²) in [4.78, 5) is 7.62. The van der Waals surface area contributed by atoms with Crippen LogP contribution in [-0.4, -0.2) is 23.6 Å². The van der Waals surface area contributed by atoms with Gasteiger partial charge in [-0.2, -0.15) is 0 Å². The number of methoxy groups -OCH3 is 1. The van der Waals surface area contributed by atoms with Crippen molar-refractivity contribution in [1.29, 1.82) is 0 Å². The van der Waals surface area contributed by atoms with Crippen LogP contribution in [0.15, 0.2) is 30.5 Å². The standard InChI is InChI=1S/C13H17N3O/c1-17-11-6-4-10(5-7-11)12-9-15-13(16-12)3-2-8-14/h4-7,9H,2-3,8,14H2,1H3,(H,15,16). The van der Waals surface area contributed by atoms with Crippen molar-refractivity contribution in [3.8, 4) is 17.0 Å². The Balaban J connectivity index is 2.12. The van der Waals surface area contributed by atoms with Gasteiger partial charge in [-0.25, -0.2) is 4.98 Å². The monoisotopic (exact) mass is 231 g/mol. The zero-order valence-electron chi connectivity index (χ0n) is 9.94. The fraction of sp³-hybridized carbons (Fsp3) is 0.308. The van der Waals surface area contributed by atoms with E-state index in [0.29, 0.717) is 6.54 Å². The van der Waals surface area contributed by atoms with E-state index >= 15 is 0 Å². The Morgan fingerprint density at radius 2 is 2.06 bits per heavy atom. The van der Waals surface area contributed by atoms with Gasteiger partial charge in [0.05, 0.1) is 19.0 Å². The third-order valence-corrected chi connectivity index (χ3v) is 2.65. The maximum absolute atomic E-state index is 5.47. The molecule has 0 saturated heterocycles. The molecule has 0 aliphatic rings. The van der Waals surface area contributed by atoms with Crippen LogP contribution >= 0.6 is 0 Å². The maximum atomic E-state index is 5.47. The van der Waals surface area contributed by atoms with E-state index in [9.17, 15) is 0 Å². The van der Waals surface area contributed by atoms with Crippen LogP contribution in [0.25, 0.3) is 11.3 Å². The fourth-order valence-corrected chi connectivity index (χ4v) is 1.68. The van der Waals surface area contributed by atoms with E-state index in [4.69, 9.17) is 10.5 Å². The molecule has 0 aliphatic heterocycles. The number of ether oxygens (including phenoxy) is 1. The molecule has 0 unspecified atom stereocenters. The van der Waals surface area contributed by atoms with E-state index in [1.807, 2.05) is 30.5 Å². The van der Waals surface area contributed by atoms with Crippen LogP contribution in [0.1, 0.15) is 12.2 Å². The molecule has 2 rings (SSSR count). The van der Waals surface area contributed by atoms with Crippen molar-refractivity contribution in [3.05, 3.63) is 36.3 Å². The van der Waals surface area contributed by atoms with Crippen molar-refractivity contribution in [1.82, 2.24) is 9.97 Å². The minimum atomic E-state index is 0.693. The number of rotatable bonds is 5. The van der Waals surface area contributed by atoms with E-state index < -0.39 is 0 Å². The highest BCUT2D eigenvalue weighted by atomic mass is 16.5. The number of imidazole rings is 1. The number of aryl methyl sites for hydroxylation is 1. The molecule has 1 aromatic heterocycles. The van der Waals surface area contributed by atoms with Crippen molar-refractivity contribution in [2.75, 3.05) is 13.7 Å². The summed E-state index contributed by atoms with van der Waals surface area (Å²) in [5.74, 6) is 1.85. The number of benzene rings is 1. The molecule has 4 nitrogen and oxygen atoms in total. The molecule has 17 heavy (non-hydrogen) atoms. The number of hydrogen-bond donors (Lipinski definition) is 2. The number of H-pyrrole nitrogens is 1. The summed E-state index contributed by atoms with van der Waals surface area (Å²) in [6.45, 7) is 0.693. The summed E-state index contributed by atoms with van der Waals surface area (Å²) in [6.07, 6.45) is 3.70. The topological polar surface area (TPSA) is 63.9 Å². The predicted molar refractivity (Wildman–Crippen MR) is 68.0 cm³/mol. The first-order chi connectivity index (χ1) is 8.33. The van der Waals surface area contributed by atoms with E-state index in [0.717, 1.165) is 35.7 Å². The lowest BCUT2D eigenvalue weighted by atomic mass is 10.2. The summed E-state index contributed by atoms with van der Waals surface area (Å²) in [6, 6.07) is 7.91. The molecular formula is C13H17N3O. The lowest BCUT2D eigenvalue weighted by molar-refractivity contribution is 0.415. The Labute approximate surface area is 101 Å². The highest BCUT2D eigenvalue weighted by Crippen LogP contribution is 2.20. The summed E-state index contributed by atoms with van der Waals surface area (Å²) < 4.78 is 5.12. The number of hydrogen-bond acceptors (Lipinski definition) is 3. The van der Waals surface area contributed by atoms with Gasteiger partial charge in [0.15, 0.2) is 0 Å². The second kappa shape index (κ2) is 5.50. The van der Waals surface area contributed by atoms with E-state index in [1.54, 1.807) is 7.11 Å². The van der Waals surface area contributed by atoms with Crippen LogP contribution < -0.4 is 10.5 Å². The molecule has 0 saturated carbocycles. The van der Waals surface area contributed by atoms with Crippen LogP contribution in [0.3, 0.4) is 0 Å². The number of nitrogens with two attached hydrogens (primary N) is 1. The molecule has 4 heteroatoms. The third-order valence-electron chi connectivity index (χ3n) is 2.65. The molecule has 1 aromatic carbocycles. The van der Waals surface area contributed by atoms with Gasteiger partial charge in [0.25, 0.3) is 0 Å². The minimum absolute atomic E-state index is 0.693. The first-order valence-corrected chi connectivity index (χ1v) is 5.72. The Morgan fingerprint density at radius 3 is 2.71 bits per heavy atom. The number of nitrogens with zero attached hydrogens (tertiary/aromatic N) is 1. The molecule has 0 fully saturated rings. The van der Waals surface area contributed by atoms with Gasteiger partial charge in [-0.3, -0.25) is 0 Å². The summed E-state index contributed by atoms with van der Waals surface area (Å²) in [5.41, 5.74) is 7.61. The second-order valence-corrected chi connectivity index (χ2v) is 3.86. The molecule has 0 atom stereocenters. The van der Waals surface area contributed by atoms with Crippen molar-refractivity contribution in [2.24, 2.45) is 5.73 Å². The number of nitrogens with one attached hydrogen (secondary N) is 1. The van der Waals surface area contributed by atoms with E-state index in [2.05, 4.69) is 9.97 Å². The van der Waals surface area contributed by atoms with Crippen molar-refractivity contribution in [2.45, 2.75) is 12.8 Å². The molecule has 90 valence electrons. The molecule has 1 heterocycles. The molecule has 0 aliphatic carbocycles. The van der Waals surface area contributed by atoms with Gasteiger partial charge in [0.1, 0.15) is 11.6 Å². The van der Waals surface area contributed by atoms with Gasteiger partial charge in [-0.1, -0.05) is 0 Å². The average molecular weight is 231 g/mol. The average Bonchev–Trinajstić information content (AvgIpc) is 2.85. The first-order valence-electron chi connectivity index (χ1n) is 5.72. The van der Waals surface area contributed by atoms with Gasteiger partial charge in [-0.05, 0) is 42.8 Å². The number of aromatic amines is 1. The highest BCUT2D eigenvalue weighted by molar-refractivity contribution is 5.59. The Kier molecular flexibility index (Phi) is 3.77. The smallest absolute Gasteiger partial charge is 0.118 e. The van der Waals surface area contributed by atoms with Gasteiger partial charge in [-0.15, -0.1) is 0 Å². The largest absolute Gasteiger partial charge is 0.497 e. The van der Waals surface area contributed by atoms with Crippen LogP contribution in [0, 0.1) is 0 Å².